The minimum Gasteiger partial charge on any atom is -0.481 e. The van der Waals surface area contributed by atoms with Gasteiger partial charge in [0.05, 0.1) is 12.1 Å². The van der Waals surface area contributed by atoms with Crippen LogP contribution in [0.3, 0.4) is 0 Å². The van der Waals surface area contributed by atoms with Gasteiger partial charge in [-0.05, 0) is 24.4 Å². The van der Waals surface area contributed by atoms with Crippen LogP contribution in [0.5, 0.6) is 0 Å². The molecule has 0 bridgehead atoms. The van der Waals surface area contributed by atoms with Crippen LogP contribution in [0.2, 0.25) is 0 Å². The van der Waals surface area contributed by atoms with Crippen LogP contribution in [0.4, 0.5) is 5.95 Å². The summed E-state index contributed by atoms with van der Waals surface area (Å²) in [5.41, 5.74) is 11.3. The largest absolute Gasteiger partial charge is 0.481 e. The highest BCUT2D eigenvalue weighted by atomic mass is 16.4. The summed E-state index contributed by atoms with van der Waals surface area (Å²) in [5, 5.41) is 16.6. The Labute approximate surface area is 151 Å². The Morgan fingerprint density at radius 3 is 2.88 bits per heavy atom. The van der Waals surface area contributed by atoms with E-state index in [0.29, 0.717) is 19.5 Å². The lowest BCUT2D eigenvalue weighted by atomic mass is 9.91. The van der Waals surface area contributed by atoms with Crippen LogP contribution in [-0.2, 0) is 4.79 Å². The van der Waals surface area contributed by atoms with Gasteiger partial charge in [0.2, 0.25) is 5.95 Å². The first-order chi connectivity index (χ1) is 12.6. The van der Waals surface area contributed by atoms with Crippen molar-refractivity contribution in [2.75, 3.05) is 25.4 Å². The van der Waals surface area contributed by atoms with Crippen molar-refractivity contribution in [3.63, 3.8) is 0 Å². The summed E-state index contributed by atoms with van der Waals surface area (Å²) in [5.74, 6) is -0.596. The molecule has 8 nitrogen and oxygen atoms in total. The summed E-state index contributed by atoms with van der Waals surface area (Å²) in [4.78, 5) is 19.2. The lowest BCUT2D eigenvalue weighted by Gasteiger charge is -2.27. The molecule has 0 radical (unpaired) electrons. The molecule has 3 rings (SSSR count). The molecule has 2 heterocycles. The van der Waals surface area contributed by atoms with E-state index in [1.807, 2.05) is 24.3 Å². The maximum absolute atomic E-state index is 11.1. The molecule has 5 N–H and O–H groups in total. The van der Waals surface area contributed by atoms with Crippen molar-refractivity contribution in [3.8, 4) is 11.1 Å². The Kier molecular flexibility index (Phi) is 5.75. The zero-order valence-corrected chi connectivity index (χ0v) is 14.3. The van der Waals surface area contributed by atoms with Gasteiger partial charge in [0.1, 0.15) is 0 Å². The molecule has 0 saturated carbocycles. The first-order valence-corrected chi connectivity index (χ1v) is 8.50. The van der Waals surface area contributed by atoms with Gasteiger partial charge in [0.15, 0.2) is 0 Å². The molecule has 8 heteroatoms. The Morgan fingerprint density at radius 1 is 1.35 bits per heavy atom. The summed E-state index contributed by atoms with van der Waals surface area (Å²) < 4.78 is 0. The van der Waals surface area contributed by atoms with Gasteiger partial charge in [-0.2, -0.15) is 5.10 Å². The van der Waals surface area contributed by atoms with E-state index < -0.39 is 5.97 Å². The van der Waals surface area contributed by atoms with Crippen molar-refractivity contribution >= 4 is 18.1 Å². The van der Waals surface area contributed by atoms with Crippen molar-refractivity contribution in [1.29, 1.82) is 0 Å². The first-order valence-electron chi connectivity index (χ1n) is 8.50. The molecule has 0 aliphatic carbocycles. The van der Waals surface area contributed by atoms with Crippen molar-refractivity contribution in [2.24, 2.45) is 16.9 Å². The molecule has 0 unspecified atom stereocenters. The summed E-state index contributed by atoms with van der Waals surface area (Å²) >= 11 is 0. The SMILES string of the molecule is Nc1ncc(-c2ccccc2/C=N/NC[C@@H]2CNC[C@H](C(=O)O)C2)cn1. The number of hydrogen-bond acceptors (Lipinski definition) is 7. The minimum atomic E-state index is -0.745. The van der Waals surface area contributed by atoms with E-state index in [-0.39, 0.29) is 17.8 Å². The highest BCUT2D eigenvalue weighted by Crippen LogP contribution is 2.21. The normalized spacial score (nSPS) is 20.2. The number of anilines is 1. The van der Waals surface area contributed by atoms with E-state index in [9.17, 15) is 4.79 Å². The Morgan fingerprint density at radius 2 is 2.12 bits per heavy atom. The predicted molar refractivity (Wildman–Crippen MR) is 99.6 cm³/mol. The van der Waals surface area contributed by atoms with Crippen molar-refractivity contribution < 1.29 is 9.90 Å². The van der Waals surface area contributed by atoms with Crippen molar-refractivity contribution in [3.05, 3.63) is 42.2 Å². The molecule has 1 aromatic heterocycles. The molecule has 2 aromatic rings. The molecule has 0 spiro atoms. The van der Waals surface area contributed by atoms with Gasteiger partial charge in [-0.1, -0.05) is 24.3 Å². The van der Waals surface area contributed by atoms with E-state index in [2.05, 4.69) is 25.8 Å². The predicted octanol–water partition coefficient (Wildman–Crippen LogP) is 0.960. The smallest absolute Gasteiger partial charge is 0.307 e. The molecule has 136 valence electrons. The molecule has 26 heavy (non-hydrogen) atoms. The number of piperidine rings is 1. The summed E-state index contributed by atoms with van der Waals surface area (Å²) in [7, 11) is 0. The third kappa shape index (κ3) is 4.54. The van der Waals surface area contributed by atoms with Crippen LogP contribution in [0.25, 0.3) is 11.1 Å². The molecule has 0 amide bonds. The van der Waals surface area contributed by atoms with E-state index in [0.717, 1.165) is 23.2 Å². The van der Waals surface area contributed by atoms with Gasteiger partial charge < -0.3 is 21.6 Å². The summed E-state index contributed by atoms with van der Waals surface area (Å²) in [6.07, 6.45) is 5.77. The first kappa shape index (κ1) is 17.8. The number of carboxylic acids is 1. The Balaban J connectivity index is 1.61. The van der Waals surface area contributed by atoms with Crippen molar-refractivity contribution in [1.82, 2.24) is 20.7 Å². The second kappa shape index (κ2) is 8.39. The molecular weight excluding hydrogens is 332 g/mol. The third-order valence-electron chi connectivity index (χ3n) is 4.41. The molecule has 1 fully saturated rings. The average Bonchev–Trinajstić information content (AvgIpc) is 2.66. The van der Waals surface area contributed by atoms with Gasteiger partial charge in [-0.25, -0.2) is 9.97 Å². The number of benzene rings is 1. The number of nitrogens with zero attached hydrogens (tertiary/aromatic N) is 3. The monoisotopic (exact) mass is 354 g/mol. The number of carboxylic acid groups (broad SMARTS) is 1. The maximum Gasteiger partial charge on any atom is 0.307 e. The second-order valence-corrected chi connectivity index (χ2v) is 6.33. The lowest BCUT2D eigenvalue weighted by Crippen LogP contribution is -2.42. The molecular formula is C18H22N6O2. The molecule has 1 aromatic carbocycles. The average molecular weight is 354 g/mol. The number of rotatable bonds is 6. The number of nitrogens with two attached hydrogens (primary N) is 1. The van der Waals surface area contributed by atoms with Crippen LogP contribution >= 0.6 is 0 Å². The maximum atomic E-state index is 11.1. The number of nitrogens with one attached hydrogen (secondary N) is 2. The number of carbonyl (C=O) groups is 1. The highest BCUT2D eigenvalue weighted by molar-refractivity contribution is 5.89. The number of aromatic nitrogens is 2. The van der Waals surface area contributed by atoms with Crippen LogP contribution in [0.1, 0.15) is 12.0 Å². The lowest BCUT2D eigenvalue weighted by molar-refractivity contribution is -0.142. The van der Waals surface area contributed by atoms with E-state index in [4.69, 9.17) is 10.8 Å². The minimum absolute atomic E-state index is 0.238. The molecule has 1 aliphatic rings. The van der Waals surface area contributed by atoms with Gasteiger partial charge in [-0.15, -0.1) is 0 Å². The number of hydrogen-bond donors (Lipinski definition) is 4. The standard InChI is InChI=1S/C18H22N6O2/c19-18-21-9-15(10-22-18)16-4-2-1-3-13(16)11-24-23-7-12-5-14(17(25)26)8-20-6-12/h1-4,9-12,14,20,23H,5-8H2,(H,25,26)(H2,19,21,22)/b24-11+/t12-,14+/m0/s1. The summed E-state index contributed by atoms with van der Waals surface area (Å²) in [6.45, 7) is 1.96. The van der Waals surface area contributed by atoms with Gasteiger partial charge in [0, 0.05) is 36.6 Å². The zero-order chi connectivity index (χ0) is 18.4. The van der Waals surface area contributed by atoms with Gasteiger partial charge in [-0.3, -0.25) is 4.79 Å². The van der Waals surface area contributed by atoms with Gasteiger partial charge in [0.25, 0.3) is 0 Å². The topological polar surface area (TPSA) is 126 Å². The summed E-state index contributed by atoms with van der Waals surface area (Å²) in [6, 6.07) is 7.81. The fourth-order valence-electron chi connectivity index (χ4n) is 3.02. The third-order valence-corrected chi connectivity index (χ3v) is 4.41. The number of hydrazone groups is 1. The second-order valence-electron chi connectivity index (χ2n) is 6.33. The molecule has 1 saturated heterocycles. The van der Waals surface area contributed by atoms with Crippen LogP contribution in [0, 0.1) is 11.8 Å². The quantitative estimate of drug-likeness (QED) is 0.450. The van der Waals surface area contributed by atoms with E-state index >= 15 is 0 Å². The van der Waals surface area contributed by atoms with Crippen molar-refractivity contribution in [2.45, 2.75) is 6.42 Å². The molecule has 1 aliphatic heterocycles. The molecule has 2 atom stereocenters. The number of aliphatic carboxylic acids is 1. The Hall–Kier alpha value is -3.00. The van der Waals surface area contributed by atoms with Gasteiger partial charge >= 0.3 is 5.97 Å². The Bertz CT molecular complexity index is 778. The number of nitrogen functional groups attached to an aromatic ring is 1. The van der Waals surface area contributed by atoms with E-state index in [1.165, 1.54) is 0 Å². The zero-order valence-electron chi connectivity index (χ0n) is 14.3. The van der Waals surface area contributed by atoms with Crippen LogP contribution < -0.4 is 16.5 Å². The van der Waals surface area contributed by atoms with Crippen LogP contribution in [0.15, 0.2) is 41.8 Å². The van der Waals surface area contributed by atoms with E-state index in [1.54, 1.807) is 18.6 Å². The fraction of sp³-hybridized carbons (Fsp3) is 0.333. The van der Waals surface area contributed by atoms with Crippen LogP contribution in [-0.4, -0.2) is 46.9 Å². The highest BCUT2D eigenvalue weighted by Gasteiger charge is 2.26. The fourth-order valence-corrected chi connectivity index (χ4v) is 3.02.